The lowest BCUT2D eigenvalue weighted by Crippen LogP contribution is -2.15. The molecule has 90 valence electrons. The molecule has 17 heavy (non-hydrogen) atoms. The average molecular weight is 341 g/mol. The molecule has 1 N–H and O–H groups in total. The van der Waals surface area contributed by atoms with Crippen LogP contribution in [0.2, 0.25) is 0 Å². The number of halogens is 1. The Hall–Kier alpha value is -0.580. The molecule has 0 bridgehead atoms. The van der Waals surface area contributed by atoms with Crippen molar-refractivity contribution in [3.05, 3.63) is 27.8 Å². The predicted molar refractivity (Wildman–Crippen MR) is 76.7 cm³/mol. The Kier molecular flexibility index (Phi) is 3.11. The fourth-order valence-corrected chi connectivity index (χ4v) is 3.50. The van der Waals surface area contributed by atoms with Gasteiger partial charge in [-0.2, -0.15) is 0 Å². The van der Waals surface area contributed by atoms with Gasteiger partial charge < -0.3 is 5.32 Å². The molecular formula is C14H16INO. The van der Waals surface area contributed by atoms with Crippen LogP contribution in [0.25, 0.3) is 0 Å². The van der Waals surface area contributed by atoms with E-state index < -0.39 is 0 Å². The lowest BCUT2D eigenvalue weighted by atomic mass is 10.0. The Morgan fingerprint density at radius 1 is 1.12 bits per heavy atom. The monoisotopic (exact) mass is 341 g/mol. The lowest BCUT2D eigenvalue weighted by Gasteiger charge is -2.04. The van der Waals surface area contributed by atoms with Crippen LogP contribution in [0.4, 0.5) is 5.69 Å². The molecule has 1 amide bonds. The number of fused-ring (bicyclic) bond motifs is 1. The van der Waals surface area contributed by atoms with Gasteiger partial charge in [0.25, 0.3) is 0 Å². The van der Waals surface area contributed by atoms with Gasteiger partial charge in [0.1, 0.15) is 0 Å². The van der Waals surface area contributed by atoms with Gasteiger partial charge in [-0.1, -0.05) is 12.8 Å². The molecule has 0 saturated heterocycles. The van der Waals surface area contributed by atoms with Gasteiger partial charge in [-0.3, -0.25) is 4.79 Å². The molecule has 2 atom stereocenters. The Bertz CT molecular complexity index is 416. The molecule has 0 radical (unpaired) electrons. The first kappa shape index (κ1) is 11.5. The normalized spacial score (nSPS) is 30.5. The molecule has 2 fully saturated rings. The van der Waals surface area contributed by atoms with Gasteiger partial charge in [-0.15, -0.1) is 0 Å². The third kappa shape index (κ3) is 2.34. The van der Waals surface area contributed by atoms with E-state index in [9.17, 15) is 4.79 Å². The molecule has 0 aromatic heterocycles. The van der Waals surface area contributed by atoms with Crippen molar-refractivity contribution < 1.29 is 4.79 Å². The summed E-state index contributed by atoms with van der Waals surface area (Å²) in [5, 5.41) is 3.05. The Labute approximate surface area is 115 Å². The van der Waals surface area contributed by atoms with Gasteiger partial charge in [-0.05, 0) is 71.5 Å². The summed E-state index contributed by atoms with van der Waals surface area (Å²) in [6.07, 6.45) is 5.15. The predicted octanol–water partition coefficient (Wildman–Crippen LogP) is 3.67. The maximum Gasteiger partial charge on any atom is 0.228 e. The van der Waals surface area contributed by atoms with Crippen LogP contribution in [0.5, 0.6) is 0 Å². The molecule has 2 aliphatic carbocycles. The van der Waals surface area contributed by atoms with Crippen LogP contribution in [-0.2, 0) is 4.79 Å². The summed E-state index contributed by atoms with van der Waals surface area (Å²) in [5.41, 5.74) is 0.930. The minimum atomic E-state index is 0.239. The Morgan fingerprint density at radius 3 is 2.29 bits per heavy atom. The van der Waals surface area contributed by atoms with Crippen LogP contribution in [0.1, 0.15) is 25.7 Å². The van der Waals surface area contributed by atoms with Crippen molar-refractivity contribution in [1.29, 1.82) is 0 Å². The van der Waals surface area contributed by atoms with Crippen molar-refractivity contribution in [2.75, 3.05) is 5.32 Å². The standard InChI is InChI=1S/C14H16INO/c15-9-5-7-10(8-6-9)16-14(17)13-11-3-1-2-4-12(11)13/h5-8,11-13H,1-4H2,(H,16,17)/t11-,12-/m0/s1. The summed E-state index contributed by atoms with van der Waals surface area (Å²) in [4.78, 5) is 12.1. The minimum Gasteiger partial charge on any atom is -0.326 e. The van der Waals surface area contributed by atoms with Crippen LogP contribution in [0.15, 0.2) is 24.3 Å². The third-order valence-corrected chi connectivity index (χ3v) is 4.79. The molecule has 3 rings (SSSR count). The molecular weight excluding hydrogens is 325 g/mol. The first-order chi connectivity index (χ1) is 8.25. The zero-order valence-corrected chi connectivity index (χ0v) is 11.8. The van der Waals surface area contributed by atoms with Crippen molar-refractivity contribution in [2.24, 2.45) is 17.8 Å². The van der Waals surface area contributed by atoms with Gasteiger partial charge in [0.05, 0.1) is 0 Å². The summed E-state index contributed by atoms with van der Waals surface area (Å²) in [6.45, 7) is 0. The van der Waals surface area contributed by atoms with Crippen molar-refractivity contribution in [3.8, 4) is 0 Å². The van der Waals surface area contributed by atoms with Crippen LogP contribution < -0.4 is 5.32 Å². The van der Waals surface area contributed by atoms with Crippen molar-refractivity contribution in [1.82, 2.24) is 0 Å². The number of nitrogens with one attached hydrogen (secondary N) is 1. The quantitative estimate of drug-likeness (QED) is 0.818. The van der Waals surface area contributed by atoms with E-state index in [1.807, 2.05) is 24.3 Å². The number of hydrogen-bond donors (Lipinski definition) is 1. The van der Waals surface area contributed by atoms with E-state index in [0.717, 1.165) is 5.69 Å². The number of carbonyl (C=O) groups is 1. The second-order valence-corrected chi connectivity index (χ2v) is 6.38. The first-order valence-corrected chi connectivity index (χ1v) is 7.40. The number of rotatable bonds is 2. The maximum absolute atomic E-state index is 12.1. The van der Waals surface area contributed by atoms with E-state index in [1.54, 1.807) is 0 Å². The van der Waals surface area contributed by atoms with E-state index in [4.69, 9.17) is 0 Å². The molecule has 1 aromatic carbocycles. The fraction of sp³-hybridized carbons (Fsp3) is 0.500. The Morgan fingerprint density at radius 2 is 1.71 bits per heavy atom. The highest BCUT2D eigenvalue weighted by atomic mass is 127. The van der Waals surface area contributed by atoms with E-state index in [-0.39, 0.29) is 5.91 Å². The average Bonchev–Trinajstić information content (AvgIpc) is 3.06. The third-order valence-electron chi connectivity index (χ3n) is 4.07. The number of hydrogen-bond acceptors (Lipinski definition) is 1. The number of benzene rings is 1. The first-order valence-electron chi connectivity index (χ1n) is 6.32. The number of carbonyl (C=O) groups excluding carboxylic acids is 1. The highest BCUT2D eigenvalue weighted by Gasteiger charge is 2.54. The van der Waals surface area contributed by atoms with Crippen LogP contribution in [0.3, 0.4) is 0 Å². The largest absolute Gasteiger partial charge is 0.326 e. The molecule has 1 aromatic rings. The molecule has 2 saturated carbocycles. The van der Waals surface area contributed by atoms with E-state index in [2.05, 4.69) is 27.9 Å². The second kappa shape index (κ2) is 4.59. The number of anilines is 1. The molecule has 0 heterocycles. The van der Waals surface area contributed by atoms with Crippen molar-refractivity contribution in [2.45, 2.75) is 25.7 Å². The van der Waals surface area contributed by atoms with Crippen LogP contribution >= 0.6 is 22.6 Å². The molecule has 0 aliphatic heterocycles. The highest BCUT2D eigenvalue weighted by Crippen LogP contribution is 2.55. The summed E-state index contributed by atoms with van der Waals surface area (Å²) in [7, 11) is 0. The van der Waals surface area contributed by atoms with Gasteiger partial charge in [0.15, 0.2) is 0 Å². The minimum absolute atomic E-state index is 0.239. The van der Waals surface area contributed by atoms with E-state index in [0.29, 0.717) is 17.8 Å². The summed E-state index contributed by atoms with van der Waals surface area (Å²) in [6, 6.07) is 8.00. The number of amides is 1. The van der Waals surface area contributed by atoms with E-state index >= 15 is 0 Å². The summed E-state index contributed by atoms with van der Waals surface area (Å²) in [5.74, 6) is 1.92. The SMILES string of the molecule is O=C(Nc1ccc(I)cc1)C1[C@H]2CCCC[C@H]12. The second-order valence-electron chi connectivity index (χ2n) is 5.13. The van der Waals surface area contributed by atoms with Gasteiger partial charge in [-0.25, -0.2) is 0 Å². The smallest absolute Gasteiger partial charge is 0.228 e. The summed E-state index contributed by atoms with van der Waals surface area (Å²) >= 11 is 2.27. The molecule has 3 heteroatoms. The van der Waals surface area contributed by atoms with E-state index in [1.165, 1.54) is 29.3 Å². The molecule has 0 unspecified atom stereocenters. The molecule has 2 aliphatic rings. The lowest BCUT2D eigenvalue weighted by molar-refractivity contribution is -0.117. The fourth-order valence-electron chi connectivity index (χ4n) is 3.14. The van der Waals surface area contributed by atoms with Crippen molar-refractivity contribution >= 4 is 34.2 Å². The van der Waals surface area contributed by atoms with Crippen LogP contribution in [0, 0.1) is 21.3 Å². The maximum atomic E-state index is 12.1. The van der Waals surface area contributed by atoms with Gasteiger partial charge >= 0.3 is 0 Å². The zero-order chi connectivity index (χ0) is 11.8. The van der Waals surface area contributed by atoms with Crippen molar-refractivity contribution in [3.63, 3.8) is 0 Å². The molecule has 2 nitrogen and oxygen atoms in total. The zero-order valence-electron chi connectivity index (χ0n) is 9.66. The highest BCUT2D eigenvalue weighted by molar-refractivity contribution is 14.1. The van der Waals surface area contributed by atoms with Crippen LogP contribution in [-0.4, -0.2) is 5.91 Å². The Balaban J connectivity index is 1.62. The molecule has 0 spiro atoms. The topological polar surface area (TPSA) is 29.1 Å². The summed E-state index contributed by atoms with van der Waals surface area (Å²) < 4.78 is 1.20. The van der Waals surface area contributed by atoms with Gasteiger partial charge in [0, 0.05) is 15.2 Å². The van der Waals surface area contributed by atoms with Gasteiger partial charge in [0.2, 0.25) is 5.91 Å².